The minimum Gasteiger partial charge on any atom is -0.478 e. The highest BCUT2D eigenvalue weighted by Gasteiger charge is 2.08. The summed E-state index contributed by atoms with van der Waals surface area (Å²) in [6, 6.07) is 4.96. The van der Waals surface area contributed by atoms with Gasteiger partial charge in [-0.15, -0.1) is 0 Å². The van der Waals surface area contributed by atoms with Gasteiger partial charge in [-0.3, -0.25) is 0 Å². The van der Waals surface area contributed by atoms with Crippen molar-refractivity contribution in [3.63, 3.8) is 0 Å². The van der Waals surface area contributed by atoms with E-state index in [2.05, 4.69) is 9.97 Å². The second-order valence-corrected chi connectivity index (χ2v) is 4.61. The molecule has 0 bridgehead atoms. The van der Waals surface area contributed by atoms with Gasteiger partial charge in [0, 0.05) is 25.5 Å². The SMILES string of the molecule is Cc1nccn1CCn1cnc2ccc(C(=O)O)cc21. The summed E-state index contributed by atoms with van der Waals surface area (Å²) in [4.78, 5) is 19.5. The molecule has 1 N–H and O–H groups in total. The smallest absolute Gasteiger partial charge is 0.335 e. The number of carbonyl (C=O) groups is 1. The minimum atomic E-state index is -0.926. The number of aromatic nitrogens is 4. The lowest BCUT2D eigenvalue weighted by Crippen LogP contribution is -2.07. The van der Waals surface area contributed by atoms with Crippen molar-refractivity contribution >= 4 is 17.0 Å². The van der Waals surface area contributed by atoms with Gasteiger partial charge in [0.1, 0.15) is 5.82 Å². The van der Waals surface area contributed by atoms with E-state index < -0.39 is 5.97 Å². The molecular weight excluding hydrogens is 256 g/mol. The van der Waals surface area contributed by atoms with Crippen molar-refractivity contribution in [2.24, 2.45) is 0 Å². The number of fused-ring (bicyclic) bond motifs is 1. The van der Waals surface area contributed by atoms with Gasteiger partial charge in [0.25, 0.3) is 0 Å². The third-order valence-corrected chi connectivity index (χ3v) is 3.37. The van der Waals surface area contributed by atoms with Crippen molar-refractivity contribution in [3.8, 4) is 0 Å². The maximum Gasteiger partial charge on any atom is 0.335 e. The predicted octanol–water partition coefficient (Wildman–Crippen LogP) is 1.94. The molecule has 0 aliphatic carbocycles. The third kappa shape index (κ3) is 2.16. The Morgan fingerprint density at radius 2 is 2.05 bits per heavy atom. The van der Waals surface area contributed by atoms with E-state index in [1.165, 1.54) is 0 Å². The van der Waals surface area contributed by atoms with Crippen LogP contribution in [0, 0.1) is 6.92 Å². The third-order valence-electron chi connectivity index (χ3n) is 3.37. The topological polar surface area (TPSA) is 72.9 Å². The van der Waals surface area contributed by atoms with Gasteiger partial charge in [-0.1, -0.05) is 0 Å². The van der Waals surface area contributed by atoms with Crippen LogP contribution in [0.25, 0.3) is 11.0 Å². The van der Waals surface area contributed by atoms with Crippen LogP contribution in [0.3, 0.4) is 0 Å². The van der Waals surface area contributed by atoms with Crippen LogP contribution < -0.4 is 0 Å². The Labute approximate surface area is 115 Å². The molecule has 3 rings (SSSR count). The molecule has 0 aliphatic heterocycles. The molecule has 2 aromatic heterocycles. The van der Waals surface area contributed by atoms with Gasteiger partial charge in [-0.05, 0) is 25.1 Å². The summed E-state index contributed by atoms with van der Waals surface area (Å²) in [5, 5.41) is 9.05. The van der Waals surface area contributed by atoms with Gasteiger partial charge >= 0.3 is 5.97 Å². The highest BCUT2D eigenvalue weighted by molar-refractivity contribution is 5.92. The van der Waals surface area contributed by atoms with Crippen LogP contribution in [0.4, 0.5) is 0 Å². The van der Waals surface area contributed by atoms with Crippen LogP contribution in [0.5, 0.6) is 0 Å². The zero-order chi connectivity index (χ0) is 14.1. The first-order chi connectivity index (χ1) is 9.65. The van der Waals surface area contributed by atoms with Crippen molar-refractivity contribution in [2.75, 3.05) is 0 Å². The van der Waals surface area contributed by atoms with E-state index in [-0.39, 0.29) is 5.56 Å². The number of hydrogen-bond acceptors (Lipinski definition) is 3. The summed E-state index contributed by atoms with van der Waals surface area (Å²) in [5.41, 5.74) is 1.91. The van der Waals surface area contributed by atoms with E-state index in [4.69, 9.17) is 5.11 Å². The molecule has 0 atom stereocenters. The predicted molar refractivity (Wildman–Crippen MR) is 73.7 cm³/mol. The lowest BCUT2D eigenvalue weighted by molar-refractivity contribution is 0.0697. The molecule has 0 radical (unpaired) electrons. The number of benzene rings is 1. The molecular formula is C14H14N4O2. The van der Waals surface area contributed by atoms with E-state index in [0.29, 0.717) is 0 Å². The van der Waals surface area contributed by atoms with Gasteiger partial charge in [0.2, 0.25) is 0 Å². The zero-order valence-corrected chi connectivity index (χ0v) is 11.0. The fourth-order valence-corrected chi connectivity index (χ4v) is 2.22. The maximum atomic E-state index is 11.0. The number of aromatic carboxylic acids is 1. The Morgan fingerprint density at radius 1 is 1.25 bits per heavy atom. The molecule has 6 heteroatoms. The second-order valence-electron chi connectivity index (χ2n) is 4.61. The molecule has 0 aliphatic rings. The summed E-state index contributed by atoms with van der Waals surface area (Å²) in [6.07, 6.45) is 5.43. The average Bonchev–Trinajstić information content (AvgIpc) is 3.02. The number of hydrogen-bond donors (Lipinski definition) is 1. The molecule has 1 aromatic carbocycles. The monoisotopic (exact) mass is 270 g/mol. The number of aryl methyl sites for hydroxylation is 3. The van der Waals surface area contributed by atoms with E-state index >= 15 is 0 Å². The lowest BCUT2D eigenvalue weighted by Gasteiger charge is -2.07. The highest BCUT2D eigenvalue weighted by Crippen LogP contribution is 2.15. The number of rotatable bonds is 4. The van der Waals surface area contributed by atoms with Gasteiger partial charge in [-0.2, -0.15) is 0 Å². The Morgan fingerprint density at radius 3 is 2.75 bits per heavy atom. The van der Waals surface area contributed by atoms with Crippen molar-refractivity contribution in [1.29, 1.82) is 0 Å². The van der Waals surface area contributed by atoms with Crippen LogP contribution in [0.15, 0.2) is 36.9 Å². The van der Waals surface area contributed by atoms with Gasteiger partial charge in [-0.25, -0.2) is 14.8 Å². The van der Waals surface area contributed by atoms with E-state index in [1.54, 1.807) is 30.7 Å². The molecule has 0 saturated heterocycles. The van der Waals surface area contributed by atoms with Crippen LogP contribution >= 0.6 is 0 Å². The van der Waals surface area contributed by atoms with Gasteiger partial charge in [0.15, 0.2) is 0 Å². The summed E-state index contributed by atoms with van der Waals surface area (Å²) < 4.78 is 4.01. The largest absolute Gasteiger partial charge is 0.478 e. The number of nitrogens with zero attached hydrogens (tertiary/aromatic N) is 4. The summed E-state index contributed by atoms with van der Waals surface area (Å²) >= 11 is 0. The molecule has 2 heterocycles. The summed E-state index contributed by atoms with van der Waals surface area (Å²) in [7, 11) is 0. The quantitative estimate of drug-likeness (QED) is 0.786. The minimum absolute atomic E-state index is 0.276. The number of carboxylic acid groups (broad SMARTS) is 1. The second kappa shape index (κ2) is 4.80. The van der Waals surface area contributed by atoms with Crippen LogP contribution in [-0.4, -0.2) is 30.2 Å². The first kappa shape index (κ1) is 12.4. The van der Waals surface area contributed by atoms with Crippen molar-refractivity contribution < 1.29 is 9.90 Å². The summed E-state index contributed by atoms with van der Waals surface area (Å²) in [5.74, 6) is 0.0331. The van der Waals surface area contributed by atoms with E-state index in [9.17, 15) is 4.79 Å². The van der Waals surface area contributed by atoms with Crippen LogP contribution in [-0.2, 0) is 13.1 Å². The van der Waals surface area contributed by atoms with Crippen molar-refractivity contribution in [1.82, 2.24) is 19.1 Å². The van der Waals surface area contributed by atoms with Crippen molar-refractivity contribution in [2.45, 2.75) is 20.0 Å². The fourth-order valence-electron chi connectivity index (χ4n) is 2.22. The first-order valence-electron chi connectivity index (χ1n) is 6.31. The Kier molecular flexibility index (Phi) is 2.98. The summed E-state index contributed by atoms with van der Waals surface area (Å²) in [6.45, 7) is 3.44. The Bertz CT molecular complexity index is 772. The Hall–Kier alpha value is -2.63. The molecule has 3 aromatic rings. The molecule has 0 unspecified atom stereocenters. The molecule has 0 amide bonds. The number of carboxylic acids is 1. The van der Waals surface area contributed by atoms with Crippen LogP contribution in [0.2, 0.25) is 0 Å². The average molecular weight is 270 g/mol. The standard InChI is InChI=1S/C14H14N4O2/c1-10-15-4-5-17(10)6-7-18-9-16-12-3-2-11(14(19)20)8-13(12)18/h2-5,8-9H,6-7H2,1H3,(H,19,20). The molecule has 0 fully saturated rings. The molecule has 0 saturated carbocycles. The van der Waals surface area contributed by atoms with Gasteiger partial charge in [0.05, 0.1) is 22.9 Å². The lowest BCUT2D eigenvalue weighted by atomic mass is 10.2. The number of imidazole rings is 2. The molecule has 0 spiro atoms. The van der Waals surface area contributed by atoms with Crippen molar-refractivity contribution in [3.05, 3.63) is 48.3 Å². The fraction of sp³-hybridized carbons (Fsp3) is 0.214. The zero-order valence-electron chi connectivity index (χ0n) is 11.0. The van der Waals surface area contributed by atoms with E-state index in [1.807, 2.05) is 22.3 Å². The highest BCUT2D eigenvalue weighted by atomic mass is 16.4. The normalized spacial score (nSPS) is 11.1. The molecule has 20 heavy (non-hydrogen) atoms. The van der Waals surface area contributed by atoms with Gasteiger partial charge < -0.3 is 14.2 Å². The molecule has 6 nitrogen and oxygen atoms in total. The Balaban J connectivity index is 1.89. The maximum absolute atomic E-state index is 11.0. The van der Waals surface area contributed by atoms with E-state index in [0.717, 1.165) is 29.9 Å². The first-order valence-corrected chi connectivity index (χ1v) is 6.31. The van der Waals surface area contributed by atoms with Crippen LogP contribution in [0.1, 0.15) is 16.2 Å². The molecule has 102 valence electrons.